The van der Waals surface area contributed by atoms with Crippen molar-refractivity contribution in [2.24, 2.45) is 5.92 Å². The molecule has 1 aliphatic rings. The highest BCUT2D eigenvalue weighted by Crippen LogP contribution is 2.39. The quantitative estimate of drug-likeness (QED) is 0.123. The normalized spacial score (nSPS) is 14.7. The van der Waals surface area contributed by atoms with Gasteiger partial charge < -0.3 is 10.1 Å². The molecule has 0 saturated carbocycles. The van der Waals surface area contributed by atoms with Crippen LogP contribution >= 0.6 is 45.8 Å². The molecule has 7 nitrogen and oxygen atoms in total. The van der Waals surface area contributed by atoms with E-state index >= 15 is 0 Å². The van der Waals surface area contributed by atoms with Crippen molar-refractivity contribution in [2.45, 2.75) is 31.3 Å². The van der Waals surface area contributed by atoms with E-state index in [9.17, 15) is 14.4 Å². The maximum atomic E-state index is 13.9. The van der Waals surface area contributed by atoms with Crippen LogP contribution in [0.4, 0.5) is 5.00 Å². The van der Waals surface area contributed by atoms with E-state index in [1.807, 2.05) is 53.2 Å². The predicted molar refractivity (Wildman–Crippen MR) is 165 cm³/mol. The molecule has 11 heteroatoms. The lowest BCUT2D eigenvalue weighted by atomic mass is 9.89. The number of carbonyl (C=O) groups excluding carboxylic acids is 2. The van der Waals surface area contributed by atoms with Crippen LogP contribution in [-0.2, 0) is 22.4 Å². The number of para-hydroxylation sites is 1. The summed E-state index contributed by atoms with van der Waals surface area (Å²) in [5.74, 6) is -0.210. The van der Waals surface area contributed by atoms with E-state index in [1.165, 1.54) is 46.4 Å². The second-order valence-electron chi connectivity index (χ2n) is 9.56. The van der Waals surface area contributed by atoms with Gasteiger partial charge in [0.2, 0.25) is 5.91 Å². The summed E-state index contributed by atoms with van der Waals surface area (Å²) in [5, 5.41) is 8.27. The zero-order chi connectivity index (χ0) is 27.8. The predicted octanol–water partition coefficient (Wildman–Crippen LogP) is 6.88. The number of ether oxygens (including phenoxy) is 1. The minimum Gasteiger partial charge on any atom is -0.465 e. The lowest BCUT2D eigenvalue weighted by molar-refractivity contribution is -0.113. The maximum Gasteiger partial charge on any atom is 0.341 e. The molecule has 1 N–H and O–H groups in total. The summed E-state index contributed by atoms with van der Waals surface area (Å²) in [7, 11) is 1.33. The molecule has 0 radical (unpaired) electrons. The van der Waals surface area contributed by atoms with Crippen molar-refractivity contribution in [3.8, 4) is 16.1 Å². The Hall–Kier alpha value is -3.25. The number of benzene rings is 1. The average molecular weight is 608 g/mol. The smallest absolute Gasteiger partial charge is 0.341 e. The van der Waals surface area contributed by atoms with Gasteiger partial charge in [-0.3, -0.25) is 14.2 Å². The molecule has 1 amide bonds. The highest BCUT2D eigenvalue weighted by Gasteiger charge is 2.26. The molecule has 40 heavy (non-hydrogen) atoms. The van der Waals surface area contributed by atoms with Gasteiger partial charge in [-0.05, 0) is 54.3 Å². The second kappa shape index (κ2) is 11.3. The van der Waals surface area contributed by atoms with E-state index in [0.29, 0.717) is 32.7 Å². The molecule has 1 aliphatic carbocycles. The monoisotopic (exact) mass is 607 g/mol. The molecule has 5 aromatic rings. The van der Waals surface area contributed by atoms with Crippen LogP contribution in [0.1, 0.15) is 34.1 Å². The first kappa shape index (κ1) is 26.9. The van der Waals surface area contributed by atoms with Crippen LogP contribution in [0.5, 0.6) is 0 Å². The van der Waals surface area contributed by atoms with E-state index in [-0.39, 0.29) is 17.2 Å². The first-order chi connectivity index (χ1) is 19.4. The fourth-order valence-corrected chi connectivity index (χ4v) is 8.96. The molecule has 4 aromatic heterocycles. The number of nitrogens with one attached hydrogen (secondary N) is 1. The van der Waals surface area contributed by atoms with Crippen LogP contribution < -0.4 is 10.9 Å². The van der Waals surface area contributed by atoms with Gasteiger partial charge in [0.15, 0.2) is 5.16 Å². The number of methoxy groups -OCH3 is 1. The molecule has 1 atom stereocenters. The van der Waals surface area contributed by atoms with Crippen LogP contribution in [0.3, 0.4) is 0 Å². The van der Waals surface area contributed by atoms with Crippen molar-refractivity contribution in [3.63, 3.8) is 0 Å². The molecule has 204 valence electrons. The topological polar surface area (TPSA) is 90.3 Å². The van der Waals surface area contributed by atoms with Crippen LogP contribution in [0.25, 0.3) is 26.3 Å². The highest BCUT2D eigenvalue weighted by molar-refractivity contribution is 7.99. The Bertz CT molecular complexity index is 1770. The average Bonchev–Trinajstić information content (AvgIpc) is 3.70. The number of rotatable bonds is 7. The second-order valence-corrected chi connectivity index (χ2v) is 13.4. The van der Waals surface area contributed by atoms with Gasteiger partial charge in [-0.1, -0.05) is 43.0 Å². The number of hydrogen-bond acceptors (Lipinski definition) is 9. The van der Waals surface area contributed by atoms with Crippen LogP contribution in [-0.4, -0.2) is 34.3 Å². The van der Waals surface area contributed by atoms with Gasteiger partial charge in [0, 0.05) is 20.7 Å². The lowest BCUT2D eigenvalue weighted by Crippen LogP contribution is -2.23. The van der Waals surface area contributed by atoms with Crippen molar-refractivity contribution in [1.82, 2.24) is 9.55 Å². The number of esters is 1. The van der Waals surface area contributed by atoms with Crippen molar-refractivity contribution >= 4 is 72.9 Å². The maximum absolute atomic E-state index is 13.9. The molecule has 0 fully saturated rings. The number of aromatic nitrogens is 2. The van der Waals surface area contributed by atoms with Gasteiger partial charge in [-0.15, -0.1) is 34.0 Å². The van der Waals surface area contributed by atoms with Gasteiger partial charge in [0.1, 0.15) is 15.4 Å². The standard InChI is InChI=1S/C29H25N3O4S4/c1-16-10-11-18-21(13-16)40-26-23(18)27(34)32(17-7-4-3-5-8-17)29(31-26)39-15-22(33)30-25-24(28(35)36-2)19(14-38-25)20-9-6-12-37-20/h3-9,12,14,16H,10-11,13,15H2,1-2H3,(H,30,33)/t16-/m1/s1. The third kappa shape index (κ3) is 5.03. The highest BCUT2D eigenvalue weighted by atomic mass is 32.2. The van der Waals surface area contributed by atoms with Gasteiger partial charge in [-0.2, -0.15) is 0 Å². The molecule has 1 aromatic carbocycles. The van der Waals surface area contributed by atoms with Gasteiger partial charge in [-0.25, -0.2) is 9.78 Å². The molecule has 0 aliphatic heterocycles. The summed E-state index contributed by atoms with van der Waals surface area (Å²) in [6, 6.07) is 13.3. The van der Waals surface area contributed by atoms with E-state index < -0.39 is 5.97 Å². The first-order valence-corrected chi connectivity index (χ1v) is 16.3. The number of aryl methyl sites for hydroxylation is 1. The van der Waals surface area contributed by atoms with E-state index in [4.69, 9.17) is 9.72 Å². The number of amides is 1. The van der Waals surface area contributed by atoms with Crippen molar-refractivity contribution in [2.75, 3.05) is 18.2 Å². The lowest BCUT2D eigenvalue weighted by Gasteiger charge is -2.17. The summed E-state index contributed by atoms with van der Waals surface area (Å²) in [5.41, 5.74) is 2.81. The molecule has 4 heterocycles. The van der Waals surface area contributed by atoms with Gasteiger partial charge >= 0.3 is 5.97 Å². The fourth-order valence-electron chi connectivity index (χ4n) is 4.93. The number of carbonyl (C=O) groups is 2. The third-order valence-corrected chi connectivity index (χ3v) is 10.8. The minimum absolute atomic E-state index is 0.0136. The molecule has 0 spiro atoms. The zero-order valence-corrected chi connectivity index (χ0v) is 25.0. The van der Waals surface area contributed by atoms with Crippen LogP contribution in [0, 0.1) is 5.92 Å². The van der Waals surface area contributed by atoms with E-state index in [2.05, 4.69) is 12.2 Å². The molecule has 0 bridgehead atoms. The SMILES string of the molecule is COC(=O)c1c(-c2cccs2)csc1NC(=O)CSc1nc2sc3c(c2c(=O)n1-c1ccccc1)CC[C@@H](C)C3. The summed E-state index contributed by atoms with van der Waals surface area (Å²) >= 11 is 5.60. The fraction of sp³-hybridized carbons (Fsp3) is 0.241. The van der Waals surface area contributed by atoms with Crippen molar-refractivity contribution in [1.29, 1.82) is 0 Å². The summed E-state index contributed by atoms with van der Waals surface area (Å²) in [6.07, 6.45) is 2.90. The molecule has 0 unspecified atom stereocenters. The number of thioether (sulfide) groups is 1. The molecular formula is C29H25N3O4S4. The minimum atomic E-state index is -0.506. The summed E-state index contributed by atoms with van der Waals surface area (Å²) in [4.78, 5) is 47.5. The van der Waals surface area contributed by atoms with E-state index in [0.717, 1.165) is 40.1 Å². The van der Waals surface area contributed by atoms with Gasteiger partial charge in [0.05, 0.1) is 23.9 Å². The van der Waals surface area contributed by atoms with Crippen LogP contribution in [0.15, 0.2) is 63.2 Å². The van der Waals surface area contributed by atoms with E-state index in [1.54, 1.807) is 15.9 Å². The summed E-state index contributed by atoms with van der Waals surface area (Å²) in [6.45, 7) is 2.24. The molecule has 6 rings (SSSR count). The van der Waals surface area contributed by atoms with Crippen LogP contribution in [0.2, 0.25) is 0 Å². The largest absolute Gasteiger partial charge is 0.465 e. The van der Waals surface area contributed by atoms with Crippen molar-refractivity contribution < 1.29 is 14.3 Å². The Kier molecular flexibility index (Phi) is 7.63. The van der Waals surface area contributed by atoms with Crippen molar-refractivity contribution in [3.05, 3.63) is 79.6 Å². The first-order valence-electron chi connectivity index (χ1n) is 12.7. The Labute approximate surface area is 246 Å². The molecule has 0 saturated heterocycles. The number of thiophene rings is 3. The zero-order valence-electron chi connectivity index (χ0n) is 21.8. The summed E-state index contributed by atoms with van der Waals surface area (Å²) < 4.78 is 6.63. The number of hydrogen-bond donors (Lipinski definition) is 1. The Morgan fingerprint density at radius 2 is 2.00 bits per heavy atom. The Balaban J connectivity index is 1.32. The Morgan fingerprint density at radius 3 is 2.75 bits per heavy atom. The molecular weight excluding hydrogens is 583 g/mol. The Morgan fingerprint density at radius 1 is 1.18 bits per heavy atom. The third-order valence-electron chi connectivity index (χ3n) is 6.87. The van der Waals surface area contributed by atoms with Gasteiger partial charge in [0.25, 0.3) is 5.56 Å². The number of fused-ring (bicyclic) bond motifs is 3. The number of anilines is 1. The number of nitrogens with zero attached hydrogens (tertiary/aromatic N) is 2.